The highest BCUT2D eigenvalue weighted by atomic mass is 79.9. The summed E-state index contributed by atoms with van der Waals surface area (Å²) in [5.41, 5.74) is 6.83. The minimum absolute atomic E-state index is 0.943. The monoisotopic (exact) mass is 350 g/mol. The molecule has 0 radical (unpaired) electrons. The molecule has 22 heavy (non-hydrogen) atoms. The second kappa shape index (κ2) is 4.99. The van der Waals surface area contributed by atoms with E-state index in [0.717, 1.165) is 15.6 Å². The standard InChI is InChI=1S/C20H15BrO/c1-12-10-18(21)13(2)9-17(12)14-7-8-16-15-5-3-4-6-19(15)22-20(16)11-14/h3-11H,1-2H3. The molecule has 0 spiro atoms. The molecule has 4 rings (SSSR count). The SMILES string of the molecule is Cc1cc(-c2ccc3c(c2)oc2ccccc23)c(C)cc1Br. The van der Waals surface area contributed by atoms with Crippen LogP contribution in [0, 0.1) is 13.8 Å². The van der Waals surface area contributed by atoms with Crippen LogP contribution in [-0.2, 0) is 0 Å². The highest BCUT2D eigenvalue weighted by Gasteiger charge is 2.10. The van der Waals surface area contributed by atoms with Crippen molar-refractivity contribution >= 4 is 37.9 Å². The molecule has 0 atom stereocenters. The predicted octanol–water partition coefficient (Wildman–Crippen LogP) is 6.63. The summed E-state index contributed by atoms with van der Waals surface area (Å²) in [4.78, 5) is 0. The number of rotatable bonds is 1. The van der Waals surface area contributed by atoms with Gasteiger partial charge in [-0.3, -0.25) is 0 Å². The Balaban J connectivity index is 1.97. The molecule has 3 aromatic carbocycles. The van der Waals surface area contributed by atoms with E-state index in [9.17, 15) is 0 Å². The maximum Gasteiger partial charge on any atom is 0.136 e. The van der Waals surface area contributed by atoms with Crippen LogP contribution in [0.2, 0.25) is 0 Å². The summed E-state index contributed by atoms with van der Waals surface area (Å²) in [5.74, 6) is 0. The normalized spacial score (nSPS) is 11.4. The maximum absolute atomic E-state index is 6.00. The Labute approximate surface area is 137 Å². The lowest BCUT2D eigenvalue weighted by Crippen LogP contribution is -1.86. The second-order valence-electron chi connectivity index (χ2n) is 5.73. The third-order valence-electron chi connectivity index (χ3n) is 4.20. The van der Waals surface area contributed by atoms with Crippen LogP contribution in [0.1, 0.15) is 11.1 Å². The average Bonchev–Trinajstić information content (AvgIpc) is 2.88. The number of aryl methyl sites for hydroxylation is 2. The van der Waals surface area contributed by atoms with E-state index in [-0.39, 0.29) is 0 Å². The predicted molar refractivity (Wildman–Crippen MR) is 96.3 cm³/mol. The molecule has 108 valence electrons. The van der Waals surface area contributed by atoms with Crippen LogP contribution in [-0.4, -0.2) is 0 Å². The molecule has 0 bridgehead atoms. The fraction of sp³-hybridized carbons (Fsp3) is 0.100. The van der Waals surface area contributed by atoms with E-state index in [2.05, 4.69) is 66.2 Å². The number of benzene rings is 3. The number of furan rings is 1. The van der Waals surface area contributed by atoms with Crippen LogP contribution >= 0.6 is 15.9 Å². The van der Waals surface area contributed by atoms with Crippen LogP contribution in [0.4, 0.5) is 0 Å². The van der Waals surface area contributed by atoms with E-state index in [1.165, 1.54) is 33.0 Å². The Bertz CT molecular complexity index is 1010. The highest BCUT2D eigenvalue weighted by molar-refractivity contribution is 9.10. The van der Waals surface area contributed by atoms with Gasteiger partial charge in [-0.15, -0.1) is 0 Å². The van der Waals surface area contributed by atoms with Crippen molar-refractivity contribution in [2.24, 2.45) is 0 Å². The number of hydrogen-bond acceptors (Lipinski definition) is 1. The van der Waals surface area contributed by atoms with E-state index in [4.69, 9.17) is 4.42 Å². The van der Waals surface area contributed by atoms with Crippen molar-refractivity contribution in [1.29, 1.82) is 0 Å². The van der Waals surface area contributed by atoms with Crippen molar-refractivity contribution in [3.63, 3.8) is 0 Å². The third-order valence-corrected chi connectivity index (χ3v) is 5.05. The molecule has 0 unspecified atom stereocenters. The van der Waals surface area contributed by atoms with Gasteiger partial charge < -0.3 is 4.42 Å². The number of hydrogen-bond donors (Lipinski definition) is 0. The molecule has 0 aliphatic rings. The highest BCUT2D eigenvalue weighted by Crippen LogP contribution is 2.34. The molecule has 2 heteroatoms. The lowest BCUT2D eigenvalue weighted by atomic mass is 9.97. The van der Waals surface area contributed by atoms with Crippen LogP contribution in [0.15, 0.2) is 63.5 Å². The van der Waals surface area contributed by atoms with Crippen LogP contribution in [0.5, 0.6) is 0 Å². The lowest BCUT2D eigenvalue weighted by Gasteiger charge is -2.09. The van der Waals surface area contributed by atoms with Gasteiger partial charge in [0.1, 0.15) is 11.2 Å². The lowest BCUT2D eigenvalue weighted by molar-refractivity contribution is 0.669. The zero-order valence-electron chi connectivity index (χ0n) is 12.5. The van der Waals surface area contributed by atoms with Gasteiger partial charge in [0.25, 0.3) is 0 Å². The summed E-state index contributed by atoms with van der Waals surface area (Å²) in [5, 5.41) is 2.35. The second-order valence-corrected chi connectivity index (χ2v) is 6.58. The smallest absolute Gasteiger partial charge is 0.136 e. The van der Waals surface area contributed by atoms with E-state index < -0.39 is 0 Å². The third kappa shape index (κ3) is 2.06. The van der Waals surface area contributed by atoms with Gasteiger partial charge in [-0.25, -0.2) is 0 Å². The molecule has 0 fully saturated rings. The first-order valence-electron chi connectivity index (χ1n) is 7.32. The number of para-hydroxylation sites is 1. The first-order chi connectivity index (χ1) is 10.6. The van der Waals surface area contributed by atoms with E-state index >= 15 is 0 Å². The largest absolute Gasteiger partial charge is 0.456 e. The molecule has 0 saturated carbocycles. The van der Waals surface area contributed by atoms with Gasteiger partial charge in [-0.05, 0) is 60.4 Å². The zero-order chi connectivity index (χ0) is 15.3. The van der Waals surface area contributed by atoms with Crippen LogP contribution in [0.3, 0.4) is 0 Å². The quantitative estimate of drug-likeness (QED) is 0.375. The first kappa shape index (κ1) is 13.6. The molecule has 0 saturated heterocycles. The van der Waals surface area contributed by atoms with Gasteiger partial charge in [-0.1, -0.05) is 46.3 Å². The molecule has 0 N–H and O–H groups in total. The Morgan fingerprint density at radius 3 is 2.41 bits per heavy atom. The van der Waals surface area contributed by atoms with E-state index in [0.29, 0.717) is 0 Å². The number of halogens is 1. The van der Waals surface area contributed by atoms with Crippen molar-refractivity contribution in [3.05, 3.63) is 70.2 Å². The van der Waals surface area contributed by atoms with Crippen molar-refractivity contribution in [2.75, 3.05) is 0 Å². The molecular weight excluding hydrogens is 336 g/mol. The molecular formula is C20H15BrO. The van der Waals surface area contributed by atoms with Gasteiger partial charge in [0.05, 0.1) is 0 Å². The molecule has 1 heterocycles. The summed E-state index contributed by atoms with van der Waals surface area (Å²) in [6, 6.07) is 19.1. The van der Waals surface area contributed by atoms with E-state index in [1.54, 1.807) is 0 Å². The Kier molecular flexibility index (Phi) is 3.08. The van der Waals surface area contributed by atoms with Crippen molar-refractivity contribution in [2.45, 2.75) is 13.8 Å². The first-order valence-corrected chi connectivity index (χ1v) is 8.11. The minimum Gasteiger partial charge on any atom is -0.456 e. The Hall–Kier alpha value is -2.06. The topological polar surface area (TPSA) is 13.1 Å². The average molecular weight is 351 g/mol. The fourth-order valence-corrected chi connectivity index (χ4v) is 3.44. The van der Waals surface area contributed by atoms with Crippen LogP contribution in [0.25, 0.3) is 33.1 Å². The van der Waals surface area contributed by atoms with Crippen molar-refractivity contribution < 1.29 is 4.42 Å². The molecule has 0 aliphatic carbocycles. The van der Waals surface area contributed by atoms with Crippen LogP contribution < -0.4 is 0 Å². The summed E-state index contributed by atoms with van der Waals surface area (Å²) in [6.07, 6.45) is 0. The zero-order valence-corrected chi connectivity index (χ0v) is 14.1. The molecule has 1 nitrogen and oxygen atoms in total. The maximum atomic E-state index is 6.00. The summed E-state index contributed by atoms with van der Waals surface area (Å²) >= 11 is 3.60. The number of fused-ring (bicyclic) bond motifs is 3. The van der Waals surface area contributed by atoms with Gasteiger partial charge in [0.15, 0.2) is 0 Å². The Morgan fingerprint density at radius 1 is 0.773 bits per heavy atom. The molecule has 0 aliphatic heterocycles. The van der Waals surface area contributed by atoms with Gasteiger partial charge in [-0.2, -0.15) is 0 Å². The van der Waals surface area contributed by atoms with Gasteiger partial charge >= 0.3 is 0 Å². The van der Waals surface area contributed by atoms with Gasteiger partial charge in [0.2, 0.25) is 0 Å². The summed E-state index contributed by atoms with van der Waals surface area (Å²) < 4.78 is 7.15. The fourth-order valence-electron chi connectivity index (χ4n) is 2.99. The molecule has 4 aromatic rings. The summed E-state index contributed by atoms with van der Waals surface area (Å²) in [6.45, 7) is 4.26. The van der Waals surface area contributed by atoms with Gasteiger partial charge in [0, 0.05) is 15.2 Å². The van der Waals surface area contributed by atoms with Crippen molar-refractivity contribution in [1.82, 2.24) is 0 Å². The summed E-state index contributed by atoms with van der Waals surface area (Å²) in [7, 11) is 0. The van der Waals surface area contributed by atoms with Crippen molar-refractivity contribution in [3.8, 4) is 11.1 Å². The minimum atomic E-state index is 0.943. The Morgan fingerprint density at radius 2 is 1.55 bits per heavy atom. The molecule has 1 aromatic heterocycles. The van der Waals surface area contributed by atoms with E-state index in [1.807, 2.05) is 18.2 Å². The molecule has 0 amide bonds.